The second-order valence-electron chi connectivity index (χ2n) is 10.0. The van der Waals surface area contributed by atoms with Crippen LogP contribution in [0.25, 0.3) is 0 Å². The first-order valence-corrected chi connectivity index (χ1v) is 13.3. The van der Waals surface area contributed by atoms with E-state index >= 15 is 0 Å². The Balaban J connectivity index is 1.40. The molecule has 0 aromatic heterocycles. The molecule has 2 aliphatic rings. The van der Waals surface area contributed by atoms with E-state index in [2.05, 4.69) is 16.0 Å². The number of carbonyl (C=O) groups excluding carboxylic acids is 4. The summed E-state index contributed by atoms with van der Waals surface area (Å²) in [6, 6.07) is 25.4. The molecule has 3 aromatic rings. The third-order valence-electron chi connectivity index (χ3n) is 7.37. The highest BCUT2D eigenvalue weighted by molar-refractivity contribution is 6.05. The van der Waals surface area contributed by atoms with E-state index in [1.807, 2.05) is 84.9 Å². The zero-order chi connectivity index (χ0) is 27.2. The van der Waals surface area contributed by atoms with Crippen LogP contribution in [0.5, 0.6) is 0 Å². The first-order valence-electron chi connectivity index (χ1n) is 13.3. The molecule has 5 rings (SSSR count). The molecule has 1 saturated heterocycles. The van der Waals surface area contributed by atoms with E-state index in [9.17, 15) is 19.2 Å². The van der Waals surface area contributed by atoms with Crippen molar-refractivity contribution in [2.24, 2.45) is 0 Å². The summed E-state index contributed by atoms with van der Waals surface area (Å²) in [6.45, 7) is 0.277. The third-order valence-corrected chi connectivity index (χ3v) is 7.37. The first kappa shape index (κ1) is 26.2. The average molecular weight is 525 g/mol. The van der Waals surface area contributed by atoms with Gasteiger partial charge in [0.1, 0.15) is 18.6 Å². The van der Waals surface area contributed by atoms with E-state index in [-0.39, 0.29) is 36.6 Å². The number of hydrogen-bond acceptors (Lipinski definition) is 4. The highest BCUT2D eigenvalue weighted by Crippen LogP contribution is 2.35. The zero-order valence-electron chi connectivity index (χ0n) is 21.6. The topological polar surface area (TPSA) is 108 Å². The van der Waals surface area contributed by atoms with Crippen molar-refractivity contribution in [2.45, 2.75) is 43.7 Å². The molecule has 0 radical (unpaired) electrons. The minimum atomic E-state index is -0.915. The Morgan fingerprint density at radius 3 is 2.31 bits per heavy atom. The largest absolute Gasteiger partial charge is 0.354 e. The highest BCUT2D eigenvalue weighted by Gasteiger charge is 2.41. The fourth-order valence-electron chi connectivity index (χ4n) is 5.35. The Bertz CT molecular complexity index is 1340. The molecule has 0 aliphatic carbocycles. The second kappa shape index (κ2) is 11.9. The van der Waals surface area contributed by atoms with Gasteiger partial charge < -0.3 is 20.9 Å². The van der Waals surface area contributed by atoms with Crippen molar-refractivity contribution in [3.8, 4) is 0 Å². The second-order valence-corrected chi connectivity index (χ2v) is 10.0. The van der Waals surface area contributed by atoms with Gasteiger partial charge in [-0.1, -0.05) is 78.9 Å². The Kier molecular flexibility index (Phi) is 8.01. The fraction of sp³-hybridized carbons (Fsp3) is 0.290. The molecule has 4 amide bonds. The number of nitrogens with zero attached hydrogens (tertiary/aromatic N) is 1. The number of anilines is 1. The van der Waals surface area contributed by atoms with E-state index in [1.54, 1.807) is 0 Å². The van der Waals surface area contributed by atoms with E-state index < -0.39 is 18.0 Å². The lowest BCUT2D eigenvalue weighted by atomic mass is 9.86. The number of carbonyl (C=O) groups is 4. The van der Waals surface area contributed by atoms with Gasteiger partial charge >= 0.3 is 0 Å². The molecule has 8 heteroatoms. The fourth-order valence-corrected chi connectivity index (χ4v) is 5.35. The molecule has 3 aromatic carbocycles. The molecular weight excluding hydrogens is 492 g/mol. The summed E-state index contributed by atoms with van der Waals surface area (Å²) >= 11 is 0. The molecular formula is C31H32N4O4. The van der Waals surface area contributed by atoms with Gasteiger partial charge in [0, 0.05) is 24.6 Å². The Hall–Kier alpha value is -4.46. The molecule has 3 atom stereocenters. The van der Waals surface area contributed by atoms with Gasteiger partial charge in [0.05, 0.1) is 0 Å². The van der Waals surface area contributed by atoms with Crippen molar-refractivity contribution < 1.29 is 19.2 Å². The van der Waals surface area contributed by atoms with Crippen LogP contribution in [0.1, 0.15) is 35.4 Å². The molecule has 39 heavy (non-hydrogen) atoms. The van der Waals surface area contributed by atoms with Crippen LogP contribution < -0.4 is 20.9 Å². The third kappa shape index (κ3) is 6.17. The van der Waals surface area contributed by atoms with Gasteiger partial charge in [0.2, 0.25) is 17.7 Å². The number of nitrogens with one attached hydrogen (secondary N) is 3. The SMILES string of the molecule is O=C(CN1C(=O)[C@@H](NC(=O)[C@@H]2CCC(=O)N2)[C@H](c2ccccc2)Cc2ccccc21)NCCc1ccccc1. The van der Waals surface area contributed by atoms with Crippen LogP contribution in [-0.2, 0) is 32.0 Å². The smallest absolute Gasteiger partial charge is 0.250 e. The Labute approximate surface area is 227 Å². The van der Waals surface area contributed by atoms with Crippen LogP contribution in [-0.4, -0.2) is 48.8 Å². The summed E-state index contributed by atoms with van der Waals surface area (Å²) in [5.41, 5.74) is 3.60. The predicted molar refractivity (Wildman–Crippen MR) is 148 cm³/mol. The van der Waals surface area contributed by atoms with Gasteiger partial charge in [-0.25, -0.2) is 0 Å². The van der Waals surface area contributed by atoms with Gasteiger partial charge in [0.25, 0.3) is 5.91 Å². The maximum Gasteiger partial charge on any atom is 0.250 e. The van der Waals surface area contributed by atoms with Crippen molar-refractivity contribution in [3.05, 3.63) is 102 Å². The van der Waals surface area contributed by atoms with E-state index in [1.165, 1.54) is 4.90 Å². The number of rotatable bonds is 8. The molecule has 0 spiro atoms. The van der Waals surface area contributed by atoms with Crippen LogP contribution in [0.15, 0.2) is 84.9 Å². The van der Waals surface area contributed by atoms with Crippen LogP contribution >= 0.6 is 0 Å². The van der Waals surface area contributed by atoms with Crippen LogP contribution in [0.3, 0.4) is 0 Å². The first-order chi connectivity index (χ1) is 19.0. The molecule has 0 unspecified atom stereocenters. The van der Waals surface area contributed by atoms with E-state index in [0.717, 1.165) is 16.7 Å². The summed E-state index contributed by atoms with van der Waals surface area (Å²) < 4.78 is 0. The zero-order valence-corrected chi connectivity index (χ0v) is 21.6. The van der Waals surface area contributed by atoms with Crippen LogP contribution in [0.2, 0.25) is 0 Å². The minimum Gasteiger partial charge on any atom is -0.354 e. The summed E-state index contributed by atoms with van der Waals surface area (Å²) in [4.78, 5) is 53.7. The van der Waals surface area contributed by atoms with Gasteiger partial charge in [0.15, 0.2) is 0 Å². The van der Waals surface area contributed by atoms with Gasteiger partial charge in [-0.2, -0.15) is 0 Å². The number of fused-ring (bicyclic) bond motifs is 1. The molecule has 2 heterocycles. The van der Waals surface area contributed by atoms with Gasteiger partial charge in [-0.05, 0) is 42.0 Å². The lowest BCUT2D eigenvalue weighted by molar-refractivity contribution is -0.130. The lowest BCUT2D eigenvalue weighted by Crippen LogP contribution is -2.55. The number of hydrogen-bond donors (Lipinski definition) is 3. The summed E-state index contributed by atoms with van der Waals surface area (Å²) in [6.07, 6.45) is 1.84. The predicted octanol–water partition coefficient (Wildman–Crippen LogP) is 2.48. The van der Waals surface area contributed by atoms with Crippen molar-refractivity contribution >= 4 is 29.3 Å². The highest BCUT2D eigenvalue weighted by atomic mass is 16.2. The van der Waals surface area contributed by atoms with Crippen molar-refractivity contribution in [2.75, 3.05) is 18.0 Å². The molecule has 0 bridgehead atoms. The van der Waals surface area contributed by atoms with Crippen molar-refractivity contribution in [1.82, 2.24) is 16.0 Å². The van der Waals surface area contributed by atoms with Gasteiger partial charge in [-0.3, -0.25) is 19.2 Å². The summed E-state index contributed by atoms with van der Waals surface area (Å²) in [5, 5.41) is 8.56. The molecule has 0 saturated carbocycles. The van der Waals surface area contributed by atoms with E-state index in [0.29, 0.717) is 31.5 Å². The maximum absolute atomic E-state index is 14.2. The molecule has 8 nitrogen and oxygen atoms in total. The van der Waals surface area contributed by atoms with Crippen molar-refractivity contribution in [1.29, 1.82) is 0 Å². The minimum absolute atomic E-state index is 0.168. The maximum atomic E-state index is 14.2. The van der Waals surface area contributed by atoms with Gasteiger partial charge in [-0.15, -0.1) is 0 Å². The number of amides is 4. The Morgan fingerprint density at radius 1 is 0.897 bits per heavy atom. The average Bonchev–Trinajstić information content (AvgIpc) is 3.36. The van der Waals surface area contributed by atoms with Crippen LogP contribution in [0.4, 0.5) is 5.69 Å². The lowest BCUT2D eigenvalue weighted by Gasteiger charge is -2.30. The number of benzene rings is 3. The molecule has 1 fully saturated rings. The molecule has 3 N–H and O–H groups in total. The molecule has 2 aliphatic heterocycles. The molecule has 200 valence electrons. The number of para-hydroxylation sites is 1. The normalized spacial score (nSPS) is 20.5. The monoisotopic (exact) mass is 524 g/mol. The Morgan fingerprint density at radius 2 is 1.59 bits per heavy atom. The van der Waals surface area contributed by atoms with Crippen molar-refractivity contribution in [3.63, 3.8) is 0 Å². The summed E-state index contributed by atoms with van der Waals surface area (Å²) in [5.74, 6) is -1.56. The van der Waals surface area contributed by atoms with E-state index in [4.69, 9.17) is 0 Å². The summed E-state index contributed by atoms with van der Waals surface area (Å²) in [7, 11) is 0. The quantitative estimate of drug-likeness (QED) is 0.421. The van der Waals surface area contributed by atoms with Crippen LogP contribution in [0, 0.1) is 0 Å². The standard InChI is InChI=1S/C31H32N4O4/c36-27-16-15-25(33-27)30(38)34-29-24(22-11-5-2-6-12-22)19-23-13-7-8-14-26(23)35(31(29)39)20-28(37)32-18-17-21-9-3-1-4-10-21/h1-14,24-25,29H,15-20H2,(H,32,37)(H,33,36)(H,34,38)/t24-,25-,29-/m0/s1.